The molecule has 0 amide bonds. The first-order chi connectivity index (χ1) is 25.1. The Morgan fingerprint density at radius 3 is 0.586 bits per heavy atom. The van der Waals surface area contributed by atoms with Crippen LogP contribution in [0.5, 0.6) is 0 Å². The Bertz CT molecular complexity index is 1930. The number of hydrogen-bond acceptors (Lipinski definition) is 4. The van der Waals surface area contributed by atoms with Crippen LogP contribution in [0.1, 0.15) is 36.1 Å². The van der Waals surface area contributed by atoms with Crippen molar-refractivity contribution in [3.8, 4) is 0 Å². The van der Waals surface area contributed by atoms with Crippen LogP contribution in [0.4, 0.5) is 87.8 Å². The molecule has 1 heterocycles. The van der Waals surface area contributed by atoms with Gasteiger partial charge in [0, 0.05) is 22.3 Å². The molecular formula is C31H8Cl2F20O4Ti. The second-order valence-electron chi connectivity index (χ2n) is 11.7. The fraction of sp³-hybridized carbons (Fsp3) is 0.226. The molecular weight excluding hydrogens is 935 g/mol. The Labute approximate surface area is 335 Å². The van der Waals surface area contributed by atoms with Crippen LogP contribution < -0.4 is 35.0 Å². The maximum Gasteiger partial charge on any atom is 4.00 e. The van der Waals surface area contributed by atoms with E-state index in [-0.39, 0.29) is 60.4 Å². The van der Waals surface area contributed by atoms with Crippen LogP contribution in [0.15, 0.2) is 0 Å². The molecule has 0 N–H and O–H groups in total. The normalized spacial score (nSPS) is 16.6. The van der Waals surface area contributed by atoms with Gasteiger partial charge in [-0.1, -0.05) is 0 Å². The van der Waals surface area contributed by atoms with E-state index in [1.165, 1.54) is 0 Å². The van der Waals surface area contributed by atoms with Crippen LogP contribution in [-0.4, -0.2) is 18.0 Å². The van der Waals surface area contributed by atoms with Crippen molar-refractivity contribution < 1.29 is 154 Å². The van der Waals surface area contributed by atoms with Gasteiger partial charge in [0.1, 0.15) is 0 Å². The fourth-order valence-electron chi connectivity index (χ4n) is 5.90. The number of ether oxygens (including phenoxy) is 2. The van der Waals surface area contributed by atoms with Gasteiger partial charge in [-0.3, -0.25) is 0 Å². The topological polar surface area (TPSA) is 64.6 Å². The maximum absolute atomic E-state index is 15.5. The fourth-order valence-corrected chi connectivity index (χ4v) is 5.90. The van der Waals surface area contributed by atoms with E-state index in [0.717, 1.165) is 0 Å². The third kappa shape index (κ3) is 6.89. The molecule has 2 atom stereocenters. The van der Waals surface area contributed by atoms with Crippen molar-refractivity contribution in [3.05, 3.63) is 139 Å². The van der Waals surface area contributed by atoms with Crippen molar-refractivity contribution in [2.45, 2.75) is 43.0 Å². The van der Waals surface area contributed by atoms with Gasteiger partial charge in [0.25, 0.3) is 0 Å². The SMILES string of the molecule is CC1(C)OC(C([O-])(c2c(F)c(F)c(F)c(F)c2F)c2c(F)c(F)c(F)c(F)c2F)C(C([O-])(c2c(F)c(F)c(F)c(F)c2F)c2c(F)c(F)c(F)c(F)c2F)O1.[Cl-].[Cl-].[Ti+4]. The summed E-state index contributed by atoms with van der Waals surface area (Å²) in [5.74, 6) is -71.5. The molecule has 58 heavy (non-hydrogen) atoms. The molecule has 27 heteroatoms. The van der Waals surface area contributed by atoms with E-state index >= 15 is 35.1 Å². The van der Waals surface area contributed by atoms with E-state index < -0.39 is 168 Å². The van der Waals surface area contributed by atoms with E-state index in [4.69, 9.17) is 9.47 Å². The second kappa shape index (κ2) is 16.6. The minimum Gasteiger partial charge on any atom is -1.00 e. The zero-order valence-electron chi connectivity index (χ0n) is 27.1. The minimum atomic E-state index is -5.84. The first-order valence-electron chi connectivity index (χ1n) is 14.0. The number of halogens is 22. The van der Waals surface area contributed by atoms with Crippen LogP contribution >= 0.6 is 0 Å². The molecule has 0 spiro atoms. The van der Waals surface area contributed by atoms with E-state index in [9.17, 15) is 62.9 Å². The van der Waals surface area contributed by atoms with Crippen molar-refractivity contribution in [1.82, 2.24) is 0 Å². The number of hydrogen-bond donors (Lipinski definition) is 0. The largest absolute Gasteiger partial charge is 4.00 e. The molecule has 4 nitrogen and oxygen atoms in total. The van der Waals surface area contributed by atoms with Gasteiger partial charge in [-0.25, -0.2) is 87.8 Å². The first kappa shape index (κ1) is 50.8. The standard InChI is InChI=1S/C31H8F20O4.2ClH.Ti/c1-29(2)54-27(30(52,3-7(32)15(40)23(48)16(41)8(3)33)4-9(34)17(42)24(49)18(43)10(4)35)28(55-29)31(53,5-11(36)19(44)25(50)20(45)12(5)37)6-13(38)21(46)26(51)22(47)14(6)39;;;/h27-28H,1-2H3;2*1H;/q-2;;;+4/p-2. The molecule has 1 aliphatic rings. The van der Waals surface area contributed by atoms with Crippen LogP contribution in [0.3, 0.4) is 0 Å². The molecule has 1 saturated heterocycles. The summed E-state index contributed by atoms with van der Waals surface area (Å²) in [7, 11) is 0. The molecule has 2 unspecified atom stereocenters. The van der Waals surface area contributed by atoms with Gasteiger partial charge in [-0.2, -0.15) is 0 Å². The van der Waals surface area contributed by atoms with E-state index in [2.05, 4.69) is 0 Å². The molecule has 1 fully saturated rings. The Balaban J connectivity index is 0.00000387. The van der Waals surface area contributed by atoms with Gasteiger partial charge in [0.2, 0.25) is 23.3 Å². The molecule has 0 aromatic heterocycles. The maximum atomic E-state index is 15.5. The Kier molecular flexibility index (Phi) is 14.5. The minimum absolute atomic E-state index is 0. The van der Waals surface area contributed by atoms with Crippen molar-refractivity contribution in [2.75, 3.05) is 0 Å². The van der Waals surface area contributed by atoms with Crippen LogP contribution in [0, 0.1) is 116 Å². The number of rotatable bonds is 6. The van der Waals surface area contributed by atoms with E-state index in [1.54, 1.807) is 0 Å². The predicted molar refractivity (Wildman–Crippen MR) is 130 cm³/mol. The van der Waals surface area contributed by atoms with Gasteiger partial charge >= 0.3 is 21.7 Å². The van der Waals surface area contributed by atoms with Crippen molar-refractivity contribution in [1.29, 1.82) is 0 Å². The summed E-state index contributed by atoms with van der Waals surface area (Å²) in [5, 5.41) is 29.9. The molecule has 0 saturated carbocycles. The molecule has 0 bridgehead atoms. The molecule has 5 rings (SSSR count). The molecule has 0 aliphatic carbocycles. The Morgan fingerprint density at radius 2 is 0.448 bits per heavy atom. The van der Waals surface area contributed by atoms with Crippen molar-refractivity contribution >= 4 is 0 Å². The Hall–Kier alpha value is -3.39. The molecule has 0 radical (unpaired) electrons. The average molecular weight is 943 g/mol. The smallest absolute Gasteiger partial charge is 1.00 e. The summed E-state index contributed by atoms with van der Waals surface area (Å²) in [4.78, 5) is 0. The average Bonchev–Trinajstić information content (AvgIpc) is 3.47. The van der Waals surface area contributed by atoms with Gasteiger partial charge < -0.3 is 44.5 Å². The van der Waals surface area contributed by atoms with Crippen molar-refractivity contribution in [2.24, 2.45) is 0 Å². The summed E-state index contributed by atoms with van der Waals surface area (Å²) >= 11 is 0. The zero-order chi connectivity index (χ0) is 41.9. The summed E-state index contributed by atoms with van der Waals surface area (Å²) in [6.45, 7) is 0.573. The summed E-state index contributed by atoms with van der Waals surface area (Å²) < 4.78 is 306. The molecule has 4 aromatic rings. The van der Waals surface area contributed by atoms with E-state index in [0.29, 0.717) is 0 Å². The summed E-state index contributed by atoms with van der Waals surface area (Å²) in [5.41, 5.74) is -25.1. The zero-order valence-corrected chi connectivity index (χ0v) is 30.2. The van der Waals surface area contributed by atoms with Gasteiger partial charge in [-0.05, 0) is 25.0 Å². The molecule has 1 aliphatic heterocycles. The quantitative estimate of drug-likeness (QED) is 0.125. The van der Waals surface area contributed by atoms with Gasteiger partial charge in [-0.15, -0.1) is 0 Å². The predicted octanol–water partition coefficient (Wildman–Crippen LogP) is 0.902. The van der Waals surface area contributed by atoms with E-state index in [1.807, 2.05) is 0 Å². The van der Waals surface area contributed by atoms with Crippen LogP contribution in [-0.2, 0) is 42.4 Å². The first-order valence-corrected chi connectivity index (χ1v) is 14.0. The monoisotopic (exact) mass is 942 g/mol. The third-order valence-electron chi connectivity index (χ3n) is 8.22. The number of benzene rings is 4. The third-order valence-corrected chi connectivity index (χ3v) is 8.22. The van der Waals surface area contributed by atoms with Crippen LogP contribution in [0.2, 0.25) is 0 Å². The van der Waals surface area contributed by atoms with Crippen LogP contribution in [0.25, 0.3) is 0 Å². The van der Waals surface area contributed by atoms with Crippen molar-refractivity contribution in [3.63, 3.8) is 0 Å². The van der Waals surface area contributed by atoms with Gasteiger partial charge in [0.15, 0.2) is 98.9 Å². The molecule has 314 valence electrons. The summed E-state index contributed by atoms with van der Waals surface area (Å²) in [6, 6.07) is 0. The second-order valence-corrected chi connectivity index (χ2v) is 11.7. The summed E-state index contributed by atoms with van der Waals surface area (Å²) in [6.07, 6.45) is -8.85. The Morgan fingerprint density at radius 1 is 0.328 bits per heavy atom. The molecule has 4 aromatic carbocycles. The van der Waals surface area contributed by atoms with Gasteiger partial charge in [0.05, 0.1) is 12.2 Å².